The molecule has 0 aliphatic rings. The lowest BCUT2D eigenvalue weighted by molar-refractivity contribution is -0.140. The molecule has 0 atom stereocenters. The van der Waals surface area contributed by atoms with E-state index < -0.39 is 0 Å². The summed E-state index contributed by atoms with van der Waals surface area (Å²) in [6, 6.07) is 17.5. The van der Waals surface area contributed by atoms with Crippen LogP contribution in [0.4, 0.5) is 0 Å². The Kier molecular flexibility index (Phi) is 7.89. The maximum absolute atomic E-state index is 12.4. The molecule has 1 N–H and O–H groups in total. The Morgan fingerprint density at radius 1 is 1.06 bits per heavy atom. The lowest BCUT2D eigenvalue weighted by atomic mass is 10.1. The van der Waals surface area contributed by atoms with Crippen molar-refractivity contribution in [3.8, 4) is 5.69 Å². The van der Waals surface area contributed by atoms with Crippen LogP contribution in [0, 0.1) is 13.8 Å². The van der Waals surface area contributed by atoms with Crippen LogP contribution in [0.3, 0.4) is 0 Å². The summed E-state index contributed by atoms with van der Waals surface area (Å²) in [4.78, 5) is 25.1. The lowest BCUT2D eigenvalue weighted by Crippen LogP contribution is -2.25. The number of aryl methyl sites for hydroxylation is 1. The molecule has 0 aliphatic heterocycles. The zero-order valence-electron chi connectivity index (χ0n) is 18.1. The molecule has 0 bridgehead atoms. The third-order valence-electron chi connectivity index (χ3n) is 5.02. The molecule has 0 fully saturated rings. The van der Waals surface area contributed by atoms with E-state index in [0.29, 0.717) is 24.9 Å². The first-order valence-electron chi connectivity index (χ1n) is 10.2. The van der Waals surface area contributed by atoms with Gasteiger partial charge in [0.2, 0.25) is 0 Å². The van der Waals surface area contributed by atoms with Gasteiger partial charge < -0.3 is 10.1 Å². The SMILES string of the molecule is COC(=O)CCc1c(C)nn(-c2ccc(C(=O)NCCSc3ccccc3)cc2)c1C. The van der Waals surface area contributed by atoms with Gasteiger partial charge in [-0.05, 0) is 62.2 Å². The third-order valence-corrected chi connectivity index (χ3v) is 6.04. The van der Waals surface area contributed by atoms with Crippen molar-refractivity contribution in [1.82, 2.24) is 15.1 Å². The summed E-state index contributed by atoms with van der Waals surface area (Å²) >= 11 is 1.71. The van der Waals surface area contributed by atoms with E-state index in [1.165, 1.54) is 12.0 Å². The highest BCUT2D eigenvalue weighted by atomic mass is 32.2. The fraction of sp³-hybridized carbons (Fsp3) is 0.292. The number of hydrogen-bond acceptors (Lipinski definition) is 5. The number of aromatic nitrogens is 2. The second-order valence-corrected chi connectivity index (χ2v) is 8.27. The standard InChI is InChI=1S/C24H27N3O3S/c1-17-22(13-14-23(28)30-3)18(2)27(26-17)20-11-9-19(10-12-20)24(29)25-15-16-31-21-7-5-4-6-8-21/h4-12H,13-16H2,1-3H3,(H,25,29). The Bertz CT molecular complexity index is 1030. The summed E-state index contributed by atoms with van der Waals surface area (Å²) in [5.74, 6) is 0.491. The highest BCUT2D eigenvalue weighted by Crippen LogP contribution is 2.20. The summed E-state index contributed by atoms with van der Waals surface area (Å²) in [6.07, 6.45) is 0.914. The number of esters is 1. The minimum absolute atomic E-state index is 0.0904. The fourth-order valence-corrected chi connectivity index (χ4v) is 4.11. The summed E-state index contributed by atoms with van der Waals surface area (Å²) in [5.41, 5.74) is 4.40. The maximum Gasteiger partial charge on any atom is 0.305 e. The normalized spacial score (nSPS) is 10.7. The number of nitrogens with one attached hydrogen (secondary N) is 1. The smallest absolute Gasteiger partial charge is 0.305 e. The lowest BCUT2D eigenvalue weighted by Gasteiger charge is -2.08. The summed E-state index contributed by atoms with van der Waals surface area (Å²) in [6.45, 7) is 4.52. The first-order valence-corrected chi connectivity index (χ1v) is 11.2. The van der Waals surface area contributed by atoms with Gasteiger partial charge in [-0.3, -0.25) is 9.59 Å². The van der Waals surface area contributed by atoms with Crippen molar-refractivity contribution >= 4 is 23.6 Å². The quantitative estimate of drug-likeness (QED) is 0.310. The second kappa shape index (κ2) is 10.8. The number of thioether (sulfide) groups is 1. The van der Waals surface area contributed by atoms with Crippen molar-refractivity contribution in [1.29, 1.82) is 0 Å². The first kappa shape index (κ1) is 22.6. The molecule has 0 saturated heterocycles. The molecule has 1 aromatic heterocycles. The largest absolute Gasteiger partial charge is 0.469 e. The minimum Gasteiger partial charge on any atom is -0.469 e. The van der Waals surface area contributed by atoms with E-state index in [2.05, 4.69) is 22.5 Å². The molecule has 3 aromatic rings. The summed E-state index contributed by atoms with van der Waals surface area (Å²) < 4.78 is 6.58. The number of carbonyl (C=O) groups excluding carboxylic acids is 2. The fourth-order valence-electron chi connectivity index (χ4n) is 3.32. The van der Waals surface area contributed by atoms with Crippen molar-refractivity contribution < 1.29 is 14.3 Å². The van der Waals surface area contributed by atoms with Gasteiger partial charge in [0, 0.05) is 34.9 Å². The predicted octanol–water partition coefficient (Wildman–Crippen LogP) is 4.12. The van der Waals surface area contributed by atoms with Crippen molar-refractivity contribution in [3.05, 3.63) is 77.1 Å². The van der Waals surface area contributed by atoms with E-state index in [4.69, 9.17) is 4.74 Å². The highest BCUT2D eigenvalue weighted by molar-refractivity contribution is 7.99. The Morgan fingerprint density at radius 2 is 1.77 bits per heavy atom. The van der Waals surface area contributed by atoms with Crippen LogP contribution in [0.1, 0.15) is 33.7 Å². The van der Waals surface area contributed by atoms with Crippen molar-refractivity contribution in [2.24, 2.45) is 0 Å². The van der Waals surface area contributed by atoms with Gasteiger partial charge >= 0.3 is 5.97 Å². The van der Waals surface area contributed by atoms with Crippen LogP contribution in [0.5, 0.6) is 0 Å². The van der Waals surface area contributed by atoms with Crippen molar-refractivity contribution in [2.75, 3.05) is 19.4 Å². The van der Waals surface area contributed by atoms with Gasteiger partial charge in [-0.15, -0.1) is 11.8 Å². The van der Waals surface area contributed by atoms with Gasteiger partial charge in [-0.25, -0.2) is 4.68 Å². The maximum atomic E-state index is 12.4. The van der Waals surface area contributed by atoms with Crippen LogP contribution >= 0.6 is 11.8 Å². The summed E-state index contributed by atoms with van der Waals surface area (Å²) in [7, 11) is 1.39. The number of methoxy groups -OCH3 is 1. The van der Waals surface area contributed by atoms with Gasteiger partial charge in [0.05, 0.1) is 18.5 Å². The average Bonchev–Trinajstić information content (AvgIpc) is 3.08. The molecular formula is C24H27N3O3S. The molecule has 7 heteroatoms. The van der Waals surface area contributed by atoms with Gasteiger partial charge in [0.25, 0.3) is 5.91 Å². The zero-order valence-corrected chi connectivity index (χ0v) is 18.9. The van der Waals surface area contributed by atoms with E-state index >= 15 is 0 Å². The molecular weight excluding hydrogens is 410 g/mol. The minimum atomic E-state index is -0.232. The topological polar surface area (TPSA) is 73.2 Å². The zero-order chi connectivity index (χ0) is 22.2. The number of carbonyl (C=O) groups is 2. The molecule has 0 radical (unpaired) electrons. The van der Waals surface area contributed by atoms with E-state index in [9.17, 15) is 9.59 Å². The van der Waals surface area contributed by atoms with Crippen molar-refractivity contribution in [3.63, 3.8) is 0 Å². The second-order valence-electron chi connectivity index (χ2n) is 7.10. The Labute approximate surface area is 187 Å². The average molecular weight is 438 g/mol. The Hall–Kier alpha value is -3.06. The van der Waals surface area contributed by atoms with Gasteiger partial charge in [0.15, 0.2) is 0 Å². The van der Waals surface area contributed by atoms with E-state index in [-0.39, 0.29) is 11.9 Å². The number of amides is 1. The number of nitrogens with zero attached hydrogens (tertiary/aromatic N) is 2. The number of ether oxygens (including phenoxy) is 1. The molecule has 0 saturated carbocycles. The van der Waals surface area contributed by atoms with Crippen LogP contribution in [0.2, 0.25) is 0 Å². The predicted molar refractivity (Wildman–Crippen MR) is 123 cm³/mol. The molecule has 162 valence electrons. The van der Waals surface area contributed by atoms with E-state index in [0.717, 1.165) is 28.4 Å². The van der Waals surface area contributed by atoms with E-state index in [1.54, 1.807) is 23.9 Å². The van der Waals surface area contributed by atoms with Crippen LogP contribution in [0.25, 0.3) is 5.69 Å². The molecule has 1 amide bonds. The van der Waals surface area contributed by atoms with Gasteiger partial charge in [-0.2, -0.15) is 5.10 Å². The first-order chi connectivity index (χ1) is 15.0. The Morgan fingerprint density at radius 3 is 2.45 bits per heavy atom. The molecule has 6 nitrogen and oxygen atoms in total. The highest BCUT2D eigenvalue weighted by Gasteiger charge is 2.15. The molecule has 0 unspecified atom stereocenters. The molecule has 1 heterocycles. The monoisotopic (exact) mass is 437 g/mol. The van der Waals surface area contributed by atoms with Crippen LogP contribution in [0.15, 0.2) is 59.5 Å². The van der Waals surface area contributed by atoms with E-state index in [1.807, 2.05) is 48.9 Å². The Balaban J connectivity index is 1.58. The molecule has 31 heavy (non-hydrogen) atoms. The van der Waals surface area contributed by atoms with Crippen LogP contribution in [-0.2, 0) is 16.0 Å². The van der Waals surface area contributed by atoms with Crippen LogP contribution in [-0.4, -0.2) is 41.1 Å². The number of benzene rings is 2. The van der Waals surface area contributed by atoms with Gasteiger partial charge in [0.1, 0.15) is 0 Å². The number of hydrogen-bond donors (Lipinski definition) is 1. The molecule has 2 aromatic carbocycles. The molecule has 0 aliphatic carbocycles. The number of rotatable bonds is 9. The molecule has 0 spiro atoms. The van der Waals surface area contributed by atoms with Crippen molar-refractivity contribution in [2.45, 2.75) is 31.6 Å². The third kappa shape index (κ3) is 5.98. The van der Waals surface area contributed by atoms with Crippen LogP contribution < -0.4 is 5.32 Å². The van der Waals surface area contributed by atoms with Gasteiger partial charge in [-0.1, -0.05) is 18.2 Å². The summed E-state index contributed by atoms with van der Waals surface area (Å²) in [5, 5.41) is 7.57. The molecule has 3 rings (SSSR count).